The molecule has 0 saturated carbocycles. The molecule has 0 saturated heterocycles. The number of Topliss-reactive ketones (excluding diaryl/α,β-unsaturated/α-hetero) is 1. The van der Waals surface area contributed by atoms with Gasteiger partial charge in [-0.15, -0.1) is 0 Å². The number of ketones is 1. The van der Waals surface area contributed by atoms with Gasteiger partial charge in [0.1, 0.15) is 5.78 Å². The summed E-state index contributed by atoms with van der Waals surface area (Å²) in [6, 6.07) is -0.353. The van der Waals surface area contributed by atoms with Gasteiger partial charge in [-0.25, -0.2) is 0 Å². The highest BCUT2D eigenvalue weighted by Gasteiger charge is 2.08. The molecule has 0 aromatic carbocycles. The van der Waals surface area contributed by atoms with Crippen LogP contribution in [0.1, 0.15) is 19.8 Å². The maximum atomic E-state index is 10.8. The first-order valence-corrected chi connectivity index (χ1v) is 3.74. The van der Waals surface area contributed by atoms with Gasteiger partial charge in [0, 0.05) is 12.2 Å². The molecule has 0 amide bonds. The molecule has 0 aliphatic heterocycles. The monoisotopic (exact) mass is 147 g/mol. The first-order chi connectivity index (χ1) is 4.22. The van der Waals surface area contributed by atoms with Crippen molar-refractivity contribution in [3.05, 3.63) is 0 Å². The molecular weight excluding hydrogens is 134 g/mol. The molecule has 1 unspecified atom stereocenters. The van der Waals surface area contributed by atoms with Crippen molar-refractivity contribution in [1.29, 1.82) is 0 Å². The van der Waals surface area contributed by atoms with Crippen LogP contribution in [0, 0.1) is 0 Å². The minimum Gasteiger partial charge on any atom is -0.321 e. The number of hydrogen-bond donors (Lipinski definition) is 2. The van der Waals surface area contributed by atoms with E-state index in [1.54, 1.807) is 0 Å². The lowest BCUT2D eigenvalue weighted by Crippen LogP contribution is -2.31. The Labute approximate surface area is 61.2 Å². The maximum Gasteiger partial charge on any atom is 0.150 e. The summed E-state index contributed by atoms with van der Waals surface area (Å²) in [5.41, 5.74) is 5.38. The first kappa shape index (κ1) is 8.98. The molecular formula is C6H13NOS. The molecule has 0 heterocycles. The van der Waals surface area contributed by atoms with Crippen LogP contribution in [0.2, 0.25) is 0 Å². The van der Waals surface area contributed by atoms with Crippen molar-refractivity contribution in [2.75, 3.05) is 5.75 Å². The molecule has 54 valence electrons. The van der Waals surface area contributed by atoms with E-state index < -0.39 is 0 Å². The third-order valence-electron chi connectivity index (χ3n) is 1.11. The summed E-state index contributed by atoms with van der Waals surface area (Å²) >= 11 is 3.90. The third kappa shape index (κ3) is 3.54. The summed E-state index contributed by atoms with van der Waals surface area (Å²) in [5, 5.41) is 0. The Morgan fingerprint density at radius 3 is 2.67 bits per heavy atom. The molecule has 1 atom stereocenters. The van der Waals surface area contributed by atoms with Crippen molar-refractivity contribution in [2.45, 2.75) is 25.8 Å². The fraction of sp³-hybridized carbons (Fsp3) is 0.833. The fourth-order valence-electron chi connectivity index (χ4n) is 0.534. The van der Waals surface area contributed by atoms with Gasteiger partial charge in [-0.3, -0.25) is 4.79 Å². The van der Waals surface area contributed by atoms with E-state index in [-0.39, 0.29) is 11.8 Å². The van der Waals surface area contributed by atoms with Crippen molar-refractivity contribution in [2.24, 2.45) is 5.73 Å². The summed E-state index contributed by atoms with van der Waals surface area (Å²) < 4.78 is 0. The molecule has 0 spiro atoms. The molecule has 0 aliphatic carbocycles. The van der Waals surface area contributed by atoms with Crippen LogP contribution in [0.3, 0.4) is 0 Å². The van der Waals surface area contributed by atoms with Crippen molar-refractivity contribution >= 4 is 18.4 Å². The zero-order valence-corrected chi connectivity index (χ0v) is 6.53. The van der Waals surface area contributed by atoms with Gasteiger partial charge in [-0.2, -0.15) is 12.6 Å². The van der Waals surface area contributed by atoms with E-state index in [4.69, 9.17) is 5.73 Å². The number of thiol groups is 1. The highest BCUT2D eigenvalue weighted by atomic mass is 32.1. The molecule has 3 heteroatoms. The lowest BCUT2D eigenvalue weighted by molar-refractivity contribution is -0.119. The van der Waals surface area contributed by atoms with Crippen molar-refractivity contribution in [1.82, 2.24) is 0 Å². The molecule has 2 N–H and O–H groups in total. The Morgan fingerprint density at radius 2 is 2.33 bits per heavy atom. The number of nitrogens with two attached hydrogens (primary N) is 1. The summed E-state index contributed by atoms with van der Waals surface area (Å²) in [6.45, 7) is 1.96. The second kappa shape index (κ2) is 4.82. The molecule has 0 fully saturated rings. The third-order valence-corrected chi connectivity index (χ3v) is 1.50. The average molecular weight is 147 g/mol. The highest BCUT2D eigenvalue weighted by molar-refractivity contribution is 7.80. The Bertz CT molecular complexity index is 95.1. The van der Waals surface area contributed by atoms with Crippen LogP contribution in [-0.2, 0) is 4.79 Å². The molecule has 0 aliphatic rings. The number of carbonyl (C=O) groups is 1. The van der Waals surface area contributed by atoms with E-state index in [2.05, 4.69) is 12.6 Å². The van der Waals surface area contributed by atoms with Gasteiger partial charge < -0.3 is 5.73 Å². The smallest absolute Gasteiger partial charge is 0.150 e. The second-order valence-corrected chi connectivity index (χ2v) is 2.37. The van der Waals surface area contributed by atoms with Crippen LogP contribution < -0.4 is 5.73 Å². The SMILES string of the molecule is CCCC(=O)C(N)CS. The average Bonchev–Trinajstić information content (AvgIpc) is 1.87. The maximum absolute atomic E-state index is 10.8. The van der Waals surface area contributed by atoms with Crippen molar-refractivity contribution < 1.29 is 4.79 Å². The van der Waals surface area contributed by atoms with Gasteiger partial charge in [-0.05, 0) is 6.42 Å². The quantitative estimate of drug-likeness (QED) is 0.572. The lowest BCUT2D eigenvalue weighted by atomic mass is 10.1. The summed E-state index contributed by atoms with van der Waals surface area (Å²) in [7, 11) is 0. The molecule has 0 aromatic heterocycles. The number of rotatable bonds is 4. The zero-order valence-electron chi connectivity index (χ0n) is 5.63. The molecule has 0 radical (unpaired) electrons. The van der Waals surface area contributed by atoms with Crippen molar-refractivity contribution in [3.63, 3.8) is 0 Å². The van der Waals surface area contributed by atoms with Gasteiger partial charge in [0.25, 0.3) is 0 Å². The minimum atomic E-state index is -0.353. The first-order valence-electron chi connectivity index (χ1n) is 3.11. The van der Waals surface area contributed by atoms with E-state index >= 15 is 0 Å². The normalized spacial score (nSPS) is 13.2. The molecule has 9 heavy (non-hydrogen) atoms. The van der Waals surface area contributed by atoms with Crippen LogP contribution in [0.4, 0.5) is 0 Å². The second-order valence-electron chi connectivity index (χ2n) is 2.01. The molecule has 0 bridgehead atoms. The molecule has 2 nitrogen and oxygen atoms in total. The number of carbonyl (C=O) groups excluding carboxylic acids is 1. The summed E-state index contributed by atoms with van der Waals surface area (Å²) in [6.07, 6.45) is 1.46. The Morgan fingerprint density at radius 1 is 1.78 bits per heavy atom. The van der Waals surface area contributed by atoms with Gasteiger partial charge in [-0.1, -0.05) is 6.92 Å². The minimum absolute atomic E-state index is 0.118. The van der Waals surface area contributed by atoms with Gasteiger partial charge in [0.2, 0.25) is 0 Å². The van der Waals surface area contributed by atoms with E-state index in [1.165, 1.54) is 0 Å². The lowest BCUT2D eigenvalue weighted by Gasteiger charge is -2.03. The van der Waals surface area contributed by atoms with Crippen LogP contribution in [-0.4, -0.2) is 17.6 Å². The van der Waals surface area contributed by atoms with Crippen LogP contribution in [0.5, 0.6) is 0 Å². The predicted molar refractivity (Wildman–Crippen MR) is 41.7 cm³/mol. The van der Waals surface area contributed by atoms with Gasteiger partial charge in [0.15, 0.2) is 0 Å². The summed E-state index contributed by atoms with van der Waals surface area (Å²) in [5.74, 6) is 0.575. The van der Waals surface area contributed by atoms with Crippen LogP contribution in [0.25, 0.3) is 0 Å². The Kier molecular flexibility index (Phi) is 4.81. The van der Waals surface area contributed by atoms with E-state index in [0.717, 1.165) is 6.42 Å². The Balaban J connectivity index is 3.46. The van der Waals surface area contributed by atoms with Crippen LogP contribution in [0.15, 0.2) is 0 Å². The predicted octanol–water partition coefficient (Wildman–Crippen LogP) is 0.613. The van der Waals surface area contributed by atoms with Crippen molar-refractivity contribution in [3.8, 4) is 0 Å². The Hall–Kier alpha value is -0.0200. The van der Waals surface area contributed by atoms with Crippen LogP contribution >= 0.6 is 12.6 Å². The summed E-state index contributed by atoms with van der Waals surface area (Å²) in [4.78, 5) is 10.8. The van der Waals surface area contributed by atoms with E-state index in [9.17, 15) is 4.79 Å². The standard InChI is InChI=1S/C6H13NOS/c1-2-3-6(8)5(7)4-9/h5,9H,2-4,7H2,1H3. The van der Waals surface area contributed by atoms with E-state index in [1.807, 2.05) is 6.92 Å². The number of hydrogen-bond acceptors (Lipinski definition) is 3. The molecule has 0 rings (SSSR count). The van der Waals surface area contributed by atoms with Gasteiger partial charge >= 0.3 is 0 Å². The molecule has 0 aromatic rings. The fourth-order valence-corrected chi connectivity index (χ4v) is 0.737. The van der Waals surface area contributed by atoms with Gasteiger partial charge in [0.05, 0.1) is 6.04 Å². The largest absolute Gasteiger partial charge is 0.321 e. The highest BCUT2D eigenvalue weighted by Crippen LogP contribution is 1.94. The zero-order chi connectivity index (χ0) is 7.28. The topological polar surface area (TPSA) is 43.1 Å². The van der Waals surface area contributed by atoms with E-state index in [0.29, 0.717) is 12.2 Å².